The standard InChI is InChI=1S/C23H23F2N7OS.C2H6/c1-13(23(12-26)7-3-4-8-23)30-22(33)16-11-32(34-25)21-20(16)31-18(10-29-21)19(27)15-6-5-14(24)9-17(15)28-2;1-2/h5-6,9-11,13,27-28H,3-4,7-8H2,1-2H3,(H,30,33);1-2H3/t13-;/m1./s1. The first-order valence-corrected chi connectivity index (χ1v) is 12.5. The fourth-order valence-electron chi connectivity index (χ4n) is 4.44. The molecule has 4 rings (SSSR count). The molecule has 0 radical (unpaired) electrons. The Morgan fingerprint density at radius 3 is 2.61 bits per heavy atom. The van der Waals surface area contributed by atoms with E-state index in [0.717, 1.165) is 16.8 Å². The van der Waals surface area contributed by atoms with Crippen molar-refractivity contribution in [3.05, 3.63) is 53.2 Å². The lowest BCUT2D eigenvalue weighted by Crippen LogP contribution is -2.44. The molecule has 1 aliphatic rings. The third-order valence-electron chi connectivity index (χ3n) is 6.45. The van der Waals surface area contributed by atoms with E-state index < -0.39 is 23.2 Å². The highest BCUT2D eigenvalue weighted by Gasteiger charge is 2.40. The molecule has 0 unspecified atom stereocenters. The average molecular weight is 514 g/mol. The van der Waals surface area contributed by atoms with Gasteiger partial charge in [-0.25, -0.2) is 18.3 Å². The molecule has 1 aromatic carbocycles. The zero-order chi connectivity index (χ0) is 26.5. The number of halogens is 2. The molecule has 3 aromatic rings. The molecule has 0 spiro atoms. The molecule has 1 saturated carbocycles. The van der Waals surface area contributed by atoms with Crippen molar-refractivity contribution in [1.29, 1.82) is 10.7 Å². The molecule has 1 fully saturated rings. The monoisotopic (exact) mass is 513 g/mol. The van der Waals surface area contributed by atoms with Crippen molar-refractivity contribution in [3.63, 3.8) is 0 Å². The van der Waals surface area contributed by atoms with Crippen LogP contribution in [0.15, 0.2) is 30.6 Å². The summed E-state index contributed by atoms with van der Waals surface area (Å²) in [5, 5.41) is 24.0. The number of hydrogen-bond donors (Lipinski definition) is 3. The SMILES string of the molecule is CC.CNc1cc(F)ccc1C(=N)c1cnc2c(n1)c(C(=O)N[C@H](C)C1(C#N)CCCC1)cn2SF. The van der Waals surface area contributed by atoms with Gasteiger partial charge in [0.15, 0.2) is 18.0 Å². The first kappa shape index (κ1) is 27.1. The van der Waals surface area contributed by atoms with Crippen LogP contribution in [0, 0.1) is 28.0 Å². The lowest BCUT2D eigenvalue weighted by atomic mass is 9.81. The number of rotatable bonds is 7. The maximum atomic E-state index is 13.6. The van der Waals surface area contributed by atoms with Gasteiger partial charge in [-0.05, 0) is 38.0 Å². The molecule has 3 N–H and O–H groups in total. The number of aromatic nitrogens is 3. The molecule has 8 nitrogen and oxygen atoms in total. The van der Waals surface area contributed by atoms with Crippen molar-refractivity contribution in [3.8, 4) is 6.07 Å². The molecule has 1 atom stereocenters. The van der Waals surface area contributed by atoms with E-state index >= 15 is 0 Å². The second-order valence-corrected chi connectivity index (χ2v) is 8.88. The highest BCUT2D eigenvalue weighted by molar-refractivity contribution is 7.92. The summed E-state index contributed by atoms with van der Waals surface area (Å²) in [5.74, 6) is -0.951. The molecule has 0 bridgehead atoms. The third kappa shape index (κ3) is 5.04. The van der Waals surface area contributed by atoms with Crippen molar-refractivity contribution in [2.75, 3.05) is 12.4 Å². The number of anilines is 1. The smallest absolute Gasteiger partial charge is 0.255 e. The third-order valence-corrected chi connectivity index (χ3v) is 6.88. The number of fused-ring (bicyclic) bond motifs is 1. The predicted octanol–water partition coefficient (Wildman–Crippen LogP) is 5.64. The molecule has 190 valence electrons. The molecule has 11 heteroatoms. The molecule has 0 aliphatic heterocycles. The summed E-state index contributed by atoms with van der Waals surface area (Å²) in [6.07, 6.45) is 5.89. The Morgan fingerprint density at radius 2 is 2.00 bits per heavy atom. The van der Waals surface area contributed by atoms with Crippen LogP contribution in [-0.4, -0.2) is 38.6 Å². The minimum atomic E-state index is -0.631. The van der Waals surface area contributed by atoms with Crippen molar-refractivity contribution < 1.29 is 13.1 Å². The second kappa shape index (κ2) is 11.5. The Bertz CT molecular complexity index is 1310. The van der Waals surface area contributed by atoms with Crippen LogP contribution in [0.3, 0.4) is 0 Å². The Labute approximate surface area is 213 Å². The molecular formula is C25H29F2N7OS. The van der Waals surface area contributed by atoms with Gasteiger partial charge >= 0.3 is 0 Å². The summed E-state index contributed by atoms with van der Waals surface area (Å²) in [5.41, 5.74) is 0.620. The van der Waals surface area contributed by atoms with Gasteiger partial charge in [0.2, 0.25) is 0 Å². The fraction of sp³-hybridized carbons (Fsp3) is 0.400. The number of benzene rings is 1. The number of amides is 1. The summed E-state index contributed by atoms with van der Waals surface area (Å²) in [7, 11) is 1.61. The summed E-state index contributed by atoms with van der Waals surface area (Å²) < 4.78 is 28.3. The van der Waals surface area contributed by atoms with Crippen LogP contribution in [0.5, 0.6) is 0 Å². The molecule has 2 heterocycles. The number of hydrogen-bond acceptors (Lipinski definition) is 7. The number of carbonyl (C=O) groups excluding carboxylic acids is 1. The van der Waals surface area contributed by atoms with Crippen molar-refractivity contribution >= 4 is 40.8 Å². The lowest BCUT2D eigenvalue weighted by molar-refractivity contribution is 0.0914. The van der Waals surface area contributed by atoms with Gasteiger partial charge in [0.05, 0.1) is 29.0 Å². The zero-order valence-electron chi connectivity index (χ0n) is 20.7. The van der Waals surface area contributed by atoms with Crippen LogP contribution < -0.4 is 10.6 Å². The van der Waals surface area contributed by atoms with Gasteiger partial charge in [-0.15, -0.1) is 3.89 Å². The lowest BCUT2D eigenvalue weighted by Gasteiger charge is -2.28. The minimum absolute atomic E-state index is 0.0338. The first-order chi connectivity index (χ1) is 17.3. The quantitative estimate of drug-likeness (QED) is 0.352. The molecule has 36 heavy (non-hydrogen) atoms. The van der Waals surface area contributed by atoms with Gasteiger partial charge in [0, 0.05) is 30.5 Å². The Morgan fingerprint density at radius 1 is 1.31 bits per heavy atom. The van der Waals surface area contributed by atoms with Crippen LogP contribution in [-0.2, 0) is 0 Å². The maximum absolute atomic E-state index is 13.6. The van der Waals surface area contributed by atoms with E-state index in [1.165, 1.54) is 30.6 Å². The van der Waals surface area contributed by atoms with E-state index in [0.29, 0.717) is 24.1 Å². The van der Waals surface area contributed by atoms with Gasteiger partial charge in [0.25, 0.3) is 5.91 Å². The van der Waals surface area contributed by atoms with Gasteiger partial charge in [-0.3, -0.25) is 10.2 Å². The Balaban J connectivity index is 0.00000176. The maximum Gasteiger partial charge on any atom is 0.255 e. The van der Waals surface area contributed by atoms with E-state index in [1.54, 1.807) is 14.0 Å². The van der Waals surface area contributed by atoms with E-state index in [9.17, 15) is 18.3 Å². The van der Waals surface area contributed by atoms with Crippen LogP contribution in [0.1, 0.15) is 68.1 Å². The number of nitriles is 1. The largest absolute Gasteiger partial charge is 0.387 e. The number of nitrogens with zero attached hydrogens (tertiary/aromatic N) is 4. The molecule has 1 aliphatic carbocycles. The average Bonchev–Trinajstić information content (AvgIpc) is 3.54. The summed E-state index contributed by atoms with van der Waals surface area (Å²) in [4.78, 5) is 21.8. The molecule has 1 amide bonds. The van der Waals surface area contributed by atoms with Crippen molar-refractivity contribution in [1.82, 2.24) is 19.3 Å². The van der Waals surface area contributed by atoms with Crippen LogP contribution in [0.2, 0.25) is 0 Å². The van der Waals surface area contributed by atoms with E-state index in [1.807, 2.05) is 13.8 Å². The van der Waals surface area contributed by atoms with Crippen molar-refractivity contribution in [2.24, 2.45) is 5.41 Å². The normalized spacial score (nSPS) is 14.9. The van der Waals surface area contributed by atoms with E-state index in [2.05, 4.69) is 26.7 Å². The Hall–Kier alpha value is -3.52. The summed E-state index contributed by atoms with van der Waals surface area (Å²) in [6.45, 7) is 5.80. The number of nitrogens with one attached hydrogen (secondary N) is 3. The predicted molar refractivity (Wildman–Crippen MR) is 138 cm³/mol. The molecular weight excluding hydrogens is 484 g/mol. The Kier molecular flexibility index (Phi) is 8.63. The zero-order valence-corrected chi connectivity index (χ0v) is 21.5. The van der Waals surface area contributed by atoms with Crippen molar-refractivity contribution in [2.45, 2.75) is 52.5 Å². The van der Waals surface area contributed by atoms with Crippen LogP contribution in [0.4, 0.5) is 14.0 Å². The first-order valence-electron chi connectivity index (χ1n) is 11.8. The van der Waals surface area contributed by atoms with E-state index in [4.69, 9.17) is 5.41 Å². The molecule has 0 saturated heterocycles. The summed E-state index contributed by atoms with van der Waals surface area (Å²) >= 11 is -0.121. The van der Waals surface area contributed by atoms with Gasteiger partial charge in [-0.2, -0.15) is 5.26 Å². The van der Waals surface area contributed by atoms with Gasteiger partial charge in [-0.1, -0.05) is 26.7 Å². The van der Waals surface area contributed by atoms with Gasteiger partial charge < -0.3 is 10.6 Å². The summed E-state index contributed by atoms with van der Waals surface area (Å²) in [6, 6.07) is 5.92. The topological polar surface area (TPSA) is 119 Å². The fourth-order valence-corrected chi connectivity index (χ4v) is 4.79. The van der Waals surface area contributed by atoms with E-state index in [-0.39, 0.29) is 40.5 Å². The molecule has 2 aromatic heterocycles. The van der Waals surface area contributed by atoms with Gasteiger partial charge in [0.1, 0.15) is 17.0 Å². The van der Waals surface area contributed by atoms with Crippen LogP contribution >= 0.6 is 12.3 Å². The highest BCUT2D eigenvalue weighted by atomic mass is 32.2. The highest BCUT2D eigenvalue weighted by Crippen LogP contribution is 2.40. The van der Waals surface area contributed by atoms with Crippen LogP contribution in [0.25, 0.3) is 11.2 Å². The minimum Gasteiger partial charge on any atom is -0.387 e. The number of carbonyl (C=O) groups is 1. The second-order valence-electron chi connectivity index (χ2n) is 8.35.